The standard InChI is InChI=1S/C8H16ClN5.C2H9O5PS/c1-4-10-8-5-7(9)12-14(13-8)11-6(2)3;1-6-9(7-2)8(3,4)5/h5-6,11-12H,4H2,1-3H3,(H,10,13);3-5H,1-2H3. The van der Waals surface area contributed by atoms with Crippen molar-refractivity contribution < 1.29 is 23.0 Å². The second-order valence-corrected chi connectivity index (χ2v) is 9.16. The van der Waals surface area contributed by atoms with Crippen molar-refractivity contribution >= 4 is 34.8 Å². The quantitative estimate of drug-likeness (QED) is 0.284. The molecule has 0 aromatic heterocycles. The summed E-state index contributed by atoms with van der Waals surface area (Å²) < 4.78 is 8.74. The number of hydrogen-bond acceptors (Lipinski definition) is 6. The van der Waals surface area contributed by atoms with Crippen molar-refractivity contribution in [2.75, 3.05) is 20.8 Å². The minimum atomic E-state index is -3.94. The van der Waals surface area contributed by atoms with Crippen LogP contribution >= 0.6 is 18.3 Å². The molecule has 0 spiro atoms. The molecule has 0 atom stereocenters. The number of aliphatic imine (C=N–C) groups is 1. The van der Waals surface area contributed by atoms with Gasteiger partial charge in [0.1, 0.15) is 11.0 Å². The van der Waals surface area contributed by atoms with Crippen LogP contribution in [0.25, 0.3) is 0 Å². The molecule has 0 bridgehead atoms. The SMILES string of the molecule is CCN=C1C=C(Cl)NN(NC(C)C)N1.COS(OC)=P(O)(O)O. The van der Waals surface area contributed by atoms with Crippen LogP contribution in [0.1, 0.15) is 20.8 Å². The Labute approximate surface area is 143 Å². The molecule has 1 heterocycles. The van der Waals surface area contributed by atoms with E-state index in [1.165, 1.54) is 14.2 Å². The summed E-state index contributed by atoms with van der Waals surface area (Å²) in [6.07, 6.45) is 1.74. The fourth-order valence-electron chi connectivity index (χ4n) is 1.28. The Bertz CT molecular complexity index is 470. The van der Waals surface area contributed by atoms with Gasteiger partial charge in [0.15, 0.2) is 10.6 Å². The Hall–Kier alpha value is -0.200. The normalized spacial score (nSPS) is 17.5. The second kappa shape index (κ2) is 11.4. The van der Waals surface area contributed by atoms with Crippen LogP contribution in [0.3, 0.4) is 0 Å². The third-order valence-corrected chi connectivity index (χ3v) is 5.17. The smallest absolute Gasteiger partial charge is 0.326 e. The number of halogens is 1. The lowest BCUT2D eigenvalue weighted by molar-refractivity contribution is 0.0817. The Kier molecular flexibility index (Phi) is 11.3. The van der Waals surface area contributed by atoms with Crippen LogP contribution in [0.15, 0.2) is 16.2 Å². The zero-order valence-corrected chi connectivity index (χ0v) is 16.1. The fraction of sp³-hybridized carbons (Fsp3) is 0.700. The van der Waals surface area contributed by atoms with Gasteiger partial charge in [-0.05, 0) is 20.8 Å². The van der Waals surface area contributed by atoms with Gasteiger partial charge in [0, 0.05) is 18.7 Å². The van der Waals surface area contributed by atoms with Gasteiger partial charge in [0.2, 0.25) is 0 Å². The molecule has 0 saturated carbocycles. The summed E-state index contributed by atoms with van der Waals surface area (Å²) in [5.74, 6) is 0.740. The Balaban J connectivity index is 0.000000468. The van der Waals surface area contributed by atoms with Crippen LogP contribution in [0.4, 0.5) is 0 Å². The Morgan fingerprint density at radius 2 is 1.91 bits per heavy atom. The van der Waals surface area contributed by atoms with Crippen molar-refractivity contribution in [2.45, 2.75) is 26.8 Å². The molecule has 0 aliphatic carbocycles. The average Bonchev–Trinajstić information content (AvgIpc) is 2.37. The lowest BCUT2D eigenvalue weighted by Gasteiger charge is -2.30. The highest BCUT2D eigenvalue weighted by Gasteiger charge is 2.13. The molecule has 0 aromatic rings. The minimum Gasteiger partial charge on any atom is -0.326 e. The third kappa shape index (κ3) is 10.3. The first kappa shape index (κ1) is 22.8. The molecule has 1 aliphatic rings. The third-order valence-electron chi connectivity index (χ3n) is 1.91. The van der Waals surface area contributed by atoms with Gasteiger partial charge in [0.25, 0.3) is 0 Å². The largest absolute Gasteiger partial charge is 0.328 e. The van der Waals surface area contributed by atoms with E-state index >= 15 is 0 Å². The van der Waals surface area contributed by atoms with E-state index in [-0.39, 0.29) is 0 Å². The molecule has 23 heavy (non-hydrogen) atoms. The molecule has 0 aromatic carbocycles. The van der Waals surface area contributed by atoms with Crippen molar-refractivity contribution in [3.8, 4) is 0 Å². The molecule has 13 heteroatoms. The topological polar surface area (TPSA) is 131 Å². The predicted octanol–water partition coefficient (Wildman–Crippen LogP) is 0.105. The number of hydrogen-bond donors (Lipinski definition) is 6. The van der Waals surface area contributed by atoms with Gasteiger partial charge in [-0.3, -0.25) is 24.2 Å². The lowest BCUT2D eigenvalue weighted by atomic mass is 10.4. The Morgan fingerprint density at radius 1 is 1.35 bits per heavy atom. The van der Waals surface area contributed by atoms with E-state index < -0.39 is 17.4 Å². The molecule has 1 aliphatic heterocycles. The summed E-state index contributed by atoms with van der Waals surface area (Å²) in [7, 11) is 0.847. The first-order valence-corrected chi connectivity index (χ1v) is 10.3. The maximum atomic E-state index is 8.46. The van der Waals surface area contributed by atoms with Crippen LogP contribution < -0.4 is 16.3 Å². The number of nitrogens with one attached hydrogen (secondary N) is 3. The van der Waals surface area contributed by atoms with Gasteiger partial charge in [0.05, 0.1) is 14.2 Å². The van der Waals surface area contributed by atoms with E-state index in [2.05, 4.69) is 29.6 Å². The molecule has 0 saturated heterocycles. The summed E-state index contributed by atoms with van der Waals surface area (Å²) in [4.78, 5) is 29.6. The zero-order valence-electron chi connectivity index (χ0n) is 13.6. The van der Waals surface area contributed by atoms with Crippen LogP contribution in [-0.2, 0) is 19.0 Å². The van der Waals surface area contributed by atoms with Gasteiger partial charge in [-0.2, -0.15) is 0 Å². The predicted molar refractivity (Wildman–Crippen MR) is 93.3 cm³/mol. The second-order valence-electron chi connectivity index (χ2n) is 4.26. The zero-order chi connectivity index (χ0) is 18.0. The number of rotatable bonds is 5. The summed E-state index contributed by atoms with van der Waals surface area (Å²) in [5.41, 5.74) is 9.01. The number of hydrazine groups is 3. The molecule has 6 N–H and O–H groups in total. The maximum absolute atomic E-state index is 8.46. The summed E-state index contributed by atoms with van der Waals surface area (Å²) in [5, 5.41) is 2.13. The first-order chi connectivity index (χ1) is 10.6. The van der Waals surface area contributed by atoms with Crippen LogP contribution in [0, 0.1) is 0 Å². The molecule has 0 fully saturated rings. The van der Waals surface area contributed by atoms with Crippen LogP contribution in [0.5, 0.6) is 0 Å². The lowest BCUT2D eigenvalue weighted by Crippen LogP contribution is -2.61. The van der Waals surface area contributed by atoms with E-state index in [0.717, 1.165) is 12.4 Å². The minimum absolute atomic E-state index is 0.306. The van der Waals surface area contributed by atoms with Crippen molar-refractivity contribution in [3.63, 3.8) is 0 Å². The molecule has 0 unspecified atom stereocenters. The van der Waals surface area contributed by atoms with Gasteiger partial charge in [-0.15, -0.1) is 0 Å². The summed E-state index contributed by atoms with van der Waals surface area (Å²) in [6, 6.07) is 0.306. The van der Waals surface area contributed by atoms with Gasteiger partial charge >= 0.3 is 6.72 Å². The average molecular weight is 394 g/mol. The van der Waals surface area contributed by atoms with Gasteiger partial charge in [-0.1, -0.05) is 16.8 Å². The molecule has 138 valence electrons. The van der Waals surface area contributed by atoms with Gasteiger partial charge in [-0.25, -0.2) is 5.43 Å². The summed E-state index contributed by atoms with van der Waals surface area (Å²) in [6.45, 7) is 2.82. The molecule has 0 radical (unpaired) electrons. The van der Waals surface area contributed by atoms with E-state index in [1.807, 2.05) is 20.8 Å². The van der Waals surface area contributed by atoms with Crippen molar-refractivity contribution in [1.29, 1.82) is 0 Å². The highest BCUT2D eigenvalue weighted by molar-refractivity contribution is 8.22. The van der Waals surface area contributed by atoms with E-state index in [9.17, 15) is 0 Å². The Morgan fingerprint density at radius 3 is 2.26 bits per heavy atom. The van der Waals surface area contributed by atoms with Crippen molar-refractivity contribution in [1.82, 2.24) is 21.5 Å². The number of nitrogens with zero attached hydrogens (tertiary/aromatic N) is 2. The van der Waals surface area contributed by atoms with Crippen molar-refractivity contribution in [3.05, 3.63) is 11.2 Å². The van der Waals surface area contributed by atoms with Crippen LogP contribution in [0.2, 0.25) is 0 Å². The van der Waals surface area contributed by atoms with E-state index in [1.54, 1.807) is 11.3 Å². The fourth-order valence-corrected chi connectivity index (χ4v) is 3.20. The maximum Gasteiger partial charge on any atom is 0.328 e. The molecule has 10 nitrogen and oxygen atoms in total. The monoisotopic (exact) mass is 393 g/mol. The molecule has 0 amide bonds. The highest BCUT2D eigenvalue weighted by Crippen LogP contribution is 2.36. The van der Waals surface area contributed by atoms with Crippen molar-refractivity contribution in [2.24, 2.45) is 4.99 Å². The van der Waals surface area contributed by atoms with Crippen LogP contribution in [-0.4, -0.2) is 52.5 Å². The van der Waals surface area contributed by atoms with E-state index in [0.29, 0.717) is 11.2 Å². The first-order valence-electron chi connectivity index (χ1n) is 6.56. The highest BCUT2D eigenvalue weighted by atomic mass is 35.5. The molecular formula is C10H25ClN5O5PS. The number of amidine groups is 1. The molecular weight excluding hydrogens is 369 g/mol. The summed E-state index contributed by atoms with van der Waals surface area (Å²) >= 11 is 5.87. The molecule has 1 rings (SSSR count). The van der Waals surface area contributed by atoms with E-state index in [4.69, 9.17) is 26.3 Å². The van der Waals surface area contributed by atoms with Gasteiger partial charge < -0.3 is 14.7 Å².